The number of benzene rings is 2. The summed E-state index contributed by atoms with van der Waals surface area (Å²) in [4.78, 5) is 14.0. The van der Waals surface area contributed by atoms with Crippen molar-refractivity contribution in [2.24, 2.45) is 0 Å². The summed E-state index contributed by atoms with van der Waals surface area (Å²) in [6.07, 6.45) is 3.04. The Labute approximate surface area is 119 Å². The zero-order chi connectivity index (χ0) is 14.7. The van der Waals surface area contributed by atoms with E-state index in [1.54, 1.807) is 35.3 Å². The van der Waals surface area contributed by atoms with Crippen LogP contribution in [-0.4, -0.2) is 19.7 Å². The van der Waals surface area contributed by atoms with Crippen molar-refractivity contribution >= 4 is 5.69 Å². The van der Waals surface area contributed by atoms with Crippen LogP contribution in [0.15, 0.2) is 61.2 Å². The van der Waals surface area contributed by atoms with Crippen molar-refractivity contribution in [3.63, 3.8) is 0 Å². The van der Waals surface area contributed by atoms with Gasteiger partial charge in [0.2, 0.25) is 0 Å². The lowest BCUT2D eigenvalue weighted by atomic mass is 10.3. The number of hydrogen-bond acceptors (Lipinski definition) is 5. The van der Waals surface area contributed by atoms with E-state index < -0.39 is 4.92 Å². The van der Waals surface area contributed by atoms with Crippen LogP contribution in [0, 0.1) is 10.1 Å². The Kier molecular flexibility index (Phi) is 3.30. The van der Waals surface area contributed by atoms with Crippen LogP contribution >= 0.6 is 0 Å². The highest BCUT2D eigenvalue weighted by atomic mass is 16.6. The lowest BCUT2D eigenvalue weighted by Crippen LogP contribution is -1.94. The fourth-order valence-electron chi connectivity index (χ4n) is 1.80. The molecule has 0 atom stereocenters. The van der Waals surface area contributed by atoms with Gasteiger partial charge in [-0.1, -0.05) is 6.07 Å². The number of nitrogens with zero attached hydrogens (tertiary/aromatic N) is 4. The van der Waals surface area contributed by atoms with E-state index in [9.17, 15) is 10.1 Å². The number of nitro groups is 1. The number of aromatic nitrogens is 3. The molecule has 1 aromatic heterocycles. The largest absolute Gasteiger partial charge is 0.457 e. The van der Waals surface area contributed by atoms with Gasteiger partial charge in [0.1, 0.15) is 24.2 Å². The fraction of sp³-hybridized carbons (Fsp3) is 0. The summed E-state index contributed by atoms with van der Waals surface area (Å²) in [6.45, 7) is 0. The van der Waals surface area contributed by atoms with Crippen molar-refractivity contribution in [1.29, 1.82) is 0 Å². The molecular formula is C14H10N4O3. The molecule has 0 radical (unpaired) electrons. The van der Waals surface area contributed by atoms with Gasteiger partial charge in [-0.15, -0.1) is 0 Å². The van der Waals surface area contributed by atoms with Gasteiger partial charge in [0.15, 0.2) is 0 Å². The normalized spacial score (nSPS) is 10.3. The molecule has 0 N–H and O–H groups in total. The van der Waals surface area contributed by atoms with Crippen molar-refractivity contribution in [3.8, 4) is 17.2 Å². The molecule has 3 rings (SSSR count). The molecule has 3 aromatic rings. The first-order chi connectivity index (χ1) is 10.2. The molecule has 0 amide bonds. The second-order valence-electron chi connectivity index (χ2n) is 4.19. The van der Waals surface area contributed by atoms with Crippen LogP contribution in [0.1, 0.15) is 0 Å². The molecule has 21 heavy (non-hydrogen) atoms. The Hall–Kier alpha value is -3.22. The molecule has 0 aliphatic rings. The maximum absolute atomic E-state index is 10.6. The molecular weight excluding hydrogens is 272 g/mol. The summed E-state index contributed by atoms with van der Waals surface area (Å²) in [5, 5.41) is 14.6. The van der Waals surface area contributed by atoms with E-state index in [-0.39, 0.29) is 5.69 Å². The predicted octanol–water partition coefficient (Wildman–Crippen LogP) is 2.97. The second-order valence-corrected chi connectivity index (χ2v) is 4.19. The van der Waals surface area contributed by atoms with E-state index in [0.29, 0.717) is 11.5 Å². The van der Waals surface area contributed by atoms with Gasteiger partial charge in [0, 0.05) is 18.2 Å². The minimum absolute atomic E-state index is 0.0266. The zero-order valence-electron chi connectivity index (χ0n) is 10.8. The average molecular weight is 282 g/mol. The molecule has 0 bridgehead atoms. The Morgan fingerprint density at radius 1 is 1.10 bits per heavy atom. The maximum atomic E-state index is 10.6. The molecule has 0 spiro atoms. The lowest BCUT2D eigenvalue weighted by Gasteiger charge is -2.07. The molecule has 1 heterocycles. The van der Waals surface area contributed by atoms with Crippen molar-refractivity contribution in [2.45, 2.75) is 0 Å². The molecule has 0 aliphatic carbocycles. The number of non-ortho nitro benzene ring substituents is 1. The molecule has 0 fully saturated rings. The number of hydrogen-bond donors (Lipinski definition) is 0. The van der Waals surface area contributed by atoms with Crippen LogP contribution in [0.3, 0.4) is 0 Å². The Morgan fingerprint density at radius 2 is 1.90 bits per heavy atom. The Balaban J connectivity index is 1.81. The third-order valence-electron chi connectivity index (χ3n) is 2.78. The summed E-state index contributed by atoms with van der Waals surface area (Å²) in [5.41, 5.74) is 0.839. The van der Waals surface area contributed by atoms with Crippen LogP contribution in [0.2, 0.25) is 0 Å². The van der Waals surface area contributed by atoms with E-state index in [1.807, 2.05) is 12.1 Å². The summed E-state index contributed by atoms with van der Waals surface area (Å²) in [6, 6.07) is 13.2. The van der Waals surface area contributed by atoms with Crippen molar-refractivity contribution in [1.82, 2.24) is 14.8 Å². The summed E-state index contributed by atoms with van der Waals surface area (Å²) in [5.74, 6) is 1.13. The Bertz CT molecular complexity index is 754. The van der Waals surface area contributed by atoms with Gasteiger partial charge < -0.3 is 4.74 Å². The van der Waals surface area contributed by atoms with Crippen molar-refractivity contribution < 1.29 is 9.66 Å². The maximum Gasteiger partial charge on any atom is 0.269 e. The van der Waals surface area contributed by atoms with Gasteiger partial charge in [-0.2, -0.15) is 5.10 Å². The molecule has 0 saturated carbocycles. The van der Waals surface area contributed by atoms with Gasteiger partial charge in [-0.05, 0) is 24.3 Å². The van der Waals surface area contributed by atoms with Crippen molar-refractivity contribution in [2.75, 3.05) is 0 Å². The van der Waals surface area contributed by atoms with Crippen molar-refractivity contribution in [3.05, 3.63) is 71.3 Å². The minimum atomic E-state index is -0.449. The van der Waals surface area contributed by atoms with Crippen LogP contribution in [0.4, 0.5) is 5.69 Å². The molecule has 0 aliphatic heterocycles. The predicted molar refractivity (Wildman–Crippen MR) is 74.5 cm³/mol. The fourth-order valence-corrected chi connectivity index (χ4v) is 1.80. The average Bonchev–Trinajstić information content (AvgIpc) is 3.02. The quantitative estimate of drug-likeness (QED) is 0.542. The van der Waals surface area contributed by atoms with Gasteiger partial charge in [0.25, 0.3) is 5.69 Å². The van der Waals surface area contributed by atoms with Crippen LogP contribution < -0.4 is 4.74 Å². The molecule has 2 aromatic carbocycles. The van der Waals surface area contributed by atoms with E-state index in [1.165, 1.54) is 18.5 Å². The van der Waals surface area contributed by atoms with E-state index in [0.717, 1.165) is 5.69 Å². The van der Waals surface area contributed by atoms with Gasteiger partial charge in [0.05, 0.1) is 10.6 Å². The van der Waals surface area contributed by atoms with Crippen LogP contribution in [0.25, 0.3) is 5.69 Å². The zero-order valence-corrected chi connectivity index (χ0v) is 10.8. The Morgan fingerprint density at radius 3 is 2.57 bits per heavy atom. The smallest absolute Gasteiger partial charge is 0.269 e. The molecule has 0 saturated heterocycles. The lowest BCUT2D eigenvalue weighted by molar-refractivity contribution is -0.384. The highest BCUT2D eigenvalue weighted by Crippen LogP contribution is 2.25. The number of rotatable bonds is 4. The summed E-state index contributed by atoms with van der Waals surface area (Å²) < 4.78 is 7.28. The van der Waals surface area contributed by atoms with Gasteiger partial charge >= 0.3 is 0 Å². The van der Waals surface area contributed by atoms with Gasteiger partial charge in [-0.25, -0.2) is 9.67 Å². The van der Waals surface area contributed by atoms with Crippen LogP contribution in [-0.2, 0) is 0 Å². The third-order valence-corrected chi connectivity index (χ3v) is 2.78. The second kappa shape index (κ2) is 5.41. The van der Waals surface area contributed by atoms with E-state index >= 15 is 0 Å². The standard InChI is InChI=1S/C14H10N4O3/c19-18(20)11-4-6-13(7-5-11)21-14-3-1-2-12(8-14)17-10-15-9-16-17/h1-10H. The molecule has 7 heteroatoms. The highest BCUT2D eigenvalue weighted by molar-refractivity contribution is 5.42. The third kappa shape index (κ3) is 2.86. The highest BCUT2D eigenvalue weighted by Gasteiger charge is 2.06. The topological polar surface area (TPSA) is 83.1 Å². The molecule has 0 unspecified atom stereocenters. The minimum Gasteiger partial charge on any atom is -0.457 e. The molecule has 104 valence electrons. The first-order valence-corrected chi connectivity index (χ1v) is 6.10. The van der Waals surface area contributed by atoms with E-state index in [4.69, 9.17) is 4.74 Å². The number of ether oxygens (including phenoxy) is 1. The first kappa shape index (κ1) is 12.8. The molecule has 7 nitrogen and oxygen atoms in total. The van der Waals surface area contributed by atoms with Gasteiger partial charge in [-0.3, -0.25) is 10.1 Å². The first-order valence-electron chi connectivity index (χ1n) is 6.10. The summed E-state index contributed by atoms with van der Waals surface area (Å²) >= 11 is 0. The van der Waals surface area contributed by atoms with Crippen LogP contribution in [0.5, 0.6) is 11.5 Å². The summed E-state index contributed by atoms with van der Waals surface area (Å²) in [7, 11) is 0. The van der Waals surface area contributed by atoms with E-state index in [2.05, 4.69) is 10.1 Å². The SMILES string of the molecule is O=[N+]([O-])c1ccc(Oc2cccc(-n3cncn3)c2)cc1. The number of nitro benzene ring substituents is 1. The monoisotopic (exact) mass is 282 g/mol.